The van der Waals surface area contributed by atoms with Crippen LogP contribution in [0.4, 0.5) is 0 Å². The second-order valence-electron chi connectivity index (χ2n) is 5.20. The summed E-state index contributed by atoms with van der Waals surface area (Å²) < 4.78 is 5.74. The summed E-state index contributed by atoms with van der Waals surface area (Å²) in [5, 5.41) is 4.29. The SMILES string of the molecule is c1ccc2c(c1)CC(CNCC1CCCCO1)S2. The first-order chi connectivity index (χ1) is 8.92. The summed E-state index contributed by atoms with van der Waals surface area (Å²) in [6, 6.07) is 8.78. The second-order valence-corrected chi connectivity index (χ2v) is 6.54. The van der Waals surface area contributed by atoms with Gasteiger partial charge in [-0.3, -0.25) is 0 Å². The van der Waals surface area contributed by atoms with Gasteiger partial charge in [0, 0.05) is 29.8 Å². The third kappa shape index (κ3) is 3.08. The zero-order chi connectivity index (χ0) is 12.2. The van der Waals surface area contributed by atoms with Gasteiger partial charge in [-0.05, 0) is 37.3 Å². The number of thioether (sulfide) groups is 1. The molecule has 2 aliphatic rings. The van der Waals surface area contributed by atoms with E-state index in [0.717, 1.165) is 19.7 Å². The van der Waals surface area contributed by atoms with E-state index in [1.807, 2.05) is 11.8 Å². The van der Waals surface area contributed by atoms with E-state index >= 15 is 0 Å². The molecular weight excluding hydrogens is 242 g/mol. The molecule has 1 N–H and O–H groups in total. The minimum atomic E-state index is 0.451. The molecule has 2 nitrogen and oxygen atoms in total. The smallest absolute Gasteiger partial charge is 0.0699 e. The number of rotatable bonds is 4. The molecule has 0 bridgehead atoms. The lowest BCUT2D eigenvalue weighted by Crippen LogP contribution is -2.35. The monoisotopic (exact) mass is 263 g/mol. The number of fused-ring (bicyclic) bond motifs is 1. The summed E-state index contributed by atoms with van der Waals surface area (Å²) in [6.07, 6.45) is 5.46. The van der Waals surface area contributed by atoms with Crippen molar-refractivity contribution in [2.75, 3.05) is 19.7 Å². The summed E-state index contributed by atoms with van der Waals surface area (Å²) in [5.41, 5.74) is 1.52. The van der Waals surface area contributed by atoms with Crippen LogP contribution in [0.2, 0.25) is 0 Å². The van der Waals surface area contributed by atoms with Crippen LogP contribution in [0.25, 0.3) is 0 Å². The van der Waals surface area contributed by atoms with Gasteiger partial charge in [-0.25, -0.2) is 0 Å². The molecule has 0 aromatic heterocycles. The normalized spacial score (nSPS) is 27.1. The first-order valence-electron chi connectivity index (χ1n) is 6.99. The summed E-state index contributed by atoms with van der Waals surface area (Å²) in [5.74, 6) is 0. The first-order valence-corrected chi connectivity index (χ1v) is 7.86. The van der Waals surface area contributed by atoms with Crippen LogP contribution in [0.5, 0.6) is 0 Å². The number of hydrogen-bond donors (Lipinski definition) is 1. The van der Waals surface area contributed by atoms with Crippen LogP contribution in [0.3, 0.4) is 0 Å². The Labute approximate surface area is 113 Å². The van der Waals surface area contributed by atoms with Crippen molar-refractivity contribution < 1.29 is 4.74 Å². The van der Waals surface area contributed by atoms with Gasteiger partial charge in [0.15, 0.2) is 0 Å². The Balaban J connectivity index is 1.40. The molecule has 1 saturated heterocycles. The van der Waals surface area contributed by atoms with E-state index < -0.39 is 0 Å². The lowest BCUT2D eigenvalue weighted by molar-refractivity contribution is 0.0171. The van der Waals surface area contributed by atoms with Gasteiger partial charge in [-0.15, -0.1) is 11.8 Å². The molecule has 0 radical (unpaired) electrons. The molecule has 0 aliphatic carbocycles. The fourth-order valence-corrected chi connectivity index (χ4v) is 4.02. The van der Waals surface area contributed by atoms with E-state index in [4.69, 9.17) is 4.74 Å². The van der Waals surface area contributed by atoms with Gasteiger partial charge in [0.2, 0.25) is 0 Å². The molecular formula is C15H21NOS. The van der Waals surface area contributed by atoms with E-state index in [0.29, 0.717) is 11.4 Å². The molecule has 2 unspecified atom stereocenters. The lowest BCUT2D eigenvalue weighted by Gasteiger charge is -2.23. The Hall–Kier alpha value is -0.510. The molecule has 1 aromatic carbocycles. The van der Waals surface area contributed by atoms with Gasteiger partial charge in [-0.2, -0.15) is 0 Å². The van der Waals surface area contributed by atoms with Gasteiger partial charge >= 0.3 is 0 Å². The van der Waals surface area contributed by atoms with E-state index in [2.05, 4.69) is 29.6 Å². The van der Waals surface area contributed by atoms with Crippen molar-refractivity contribution in [2.45, 2.75) is 41.9 Å². The van der Waals surface area contributed by atoms with Crippen molar-refractivity contribution in [2.24, 2.45) is 0 Å². The van der Waals surface area contributed by atoms with Gasteiger partial charge in [-0.1, -0.05) is 18.2 Å². The highest BCUT2D eigenvalue weighted by Crippen LogP contribution is 2.36. The maximum atomic E-state index is 5.74. The van der Waals surface area contributed by atoms with Gasteiger partial charge in [0.25, 0.3) is 0 Å². The van der Waals surface area contributed by atoms with E-state index in [-0.39, 0.29) is 0 Å². The fourth-order valence-electron chi connectivity index (χ4n) is 2.74. The number of ether oxygens (including phenoxy) is 1. The van der Waals surface area contributed by atoms with Crippen LogP contribution in [0.1, 0.15) is 24.8 Å². The van der Waals surface area contributed by atoms with Crippen molar-refractivity contribution in [3.8, 4) is 0 Å². The maximum absolute atomic E-state index is 5.74. The molecule has 18 heavy (non-hydrogen) atoms. The third-order valence-electron chi connectivity index (χ3n) is 3.73. The topological polar surface area (TPSA) is 21.3 Å². The van der Waals surface area contributed by atoms with Crippen molar-refractivity contribution in [1.82, 2.24) is 5.32 Å². The molecule has 3 rings (SSSR count). The Bertz CT molecular complexity index is 365. The van der Waals surface area contributed by atoms with E-state index in [1.165, 1.54) is 36.1 Å². The van der Waals surface area contributed by atoms with Crippen LogP contribution < -0.4 is 5.32 Å². The van der Waals surface area contributed by atoms with Crippen LogP contribution in [0.15, 0.2) is 29.2 Å². The largest absolute Gasteiger partial charge is 0.377 e. The molecule has 0 saturated carbocycles. The van der Waals surface area contributed by atoms with Crippen LogP contribution >= 0.6 is 11.8 Å². The highest BCUT2D eigenvalue weighted by atomic mass is 32.2. The fraction of sp³-hybridized carbons (Fsp3) is 0.600. The summed E-state index contributed by atoms with van der Waals surface area (Å²) in [4.78, 5) is 1.47. The van der Waals surface area contributed by atoms with E-state index in [1.54, 1.807) is 0 Å². The predicted molar refractivity (Wildman–Crippen MR) is 76.3 cm³/mol. The minimum Gasteiger partial charge on any atom is -0.377 e. The Morgan fingerprint density at radius 1 is 1.22 bits per heavy atom. The van der Waals surface area contributed by atoms with Crippen molar-refractivity contribution in [3.63, 3.8) is 0 Å². The summed E-state index contributed by atoms with van der Waals surface area (Å²) in [7, 11) is 0. The Morgan fingerprint density at radius 3 is 3.00 bits per heavy atom. The molecule has 1 fully saturated rings. The molecule has 2 heterocycles. The summed E-state index contributed by atoms with van der Waals surface area (Å²) in [6.45, 7) is 3.07. The second kappa shape index (κ2) is 6.09. The number of nitrogens with one attached hydrogen (secondary N) is 1. The highest BCUT2D eigenvalue weighted by molar-refractivity contribution is 8.00. The number of benzene rings is 1. The van der Waals surface area contributed by atoms with Gasteiger partial charge in [0.05, 0.1) is 6.10 Å². The van der Waals surface area contributed by atoms with Crippen molar-refractivity contribution in [1.29, 1.82) is 0 Å². The minimum absolute atomic E-state index is 0.451. The molecule has 0 amide bonds. The Morgan fingerprint density at radius 2 is 2.17 bits per heavy atom. The van der Waals surface area contributed by atoms with Crippen LogP contribution in [-0.2, 0) is 11.2 Å². The standard InChI is InChI=1S/C15H21NOS/c1-2-7-15-12(5-1)9-14(18-15)11-16-10-13-6-3-4-8-17-13/h1-2,5,7,13-14,16H,3-4,6,8-11H2. The molecule has 3 heteroatoms. The highest BCUT2D eigenvalue weighted by Gasteiger charge is 2.21. The van der Waals surface area contributed by atoms with E-state index in [9.17, 15) is 0 Å². The lowest BCUT2D eigenvalue weighted by atomic mass is 10.1. The Kier molecular flexibility index (Phi) is 4.24. The first kappa shape index (κ1) is 12.5. The van der Waals surface area contributed by atoms with Crippen LogP contribution in [-0.4, -0.2) is 31.1 Å². The molecule has 0 spiro atoms. The summed E-state index contributed by atoms with van der Waals surface area (Å²) >= 11 is 2.02. The van der Waals surface area contributed by atoms with Crippen LogP contribution in [0, 0.1) is 0 Å². The third-order valence-corrected chi connectivity index (χ3v) is 5.05. The predicted octanol–water partition coefficient (Wildman–Crippen LogP) is 2.86. The molecule has 98 valence electrons. The molecule has 2 aliphatic heterocycles. The number of hydrogen-bond acceptors (Lipinski definition) is 3. The maximum Gasteiger partial charge on any atom is 0.0699 e. The van der Waals surface area contributed by atoms with Crippen molar-refractivity contribution >= 4 is 11.8 Å². The van der Waals surface area contributed by atoms with Crippen molar-refractivity contribution in [3.05, 3.63) is 29.8 Å². The average Bonchev–Trinajstić information content (AvgIpc) is 2.82. The quantitative estimate of drug-likeness (QED) is 0.902. The van der Waals surface area contributed by atoms with Gasteiger partial charge in [0.1, 0.15) is 0 Å². The molecule has 2 atom stereocenters. The molecule has 1 aromatic rings. The van der Waals surface area contributed by atoms with Gasteiger partial charge < -0.3 is 10.1 Å². The zero-order valence-corrected chi connectivity index (χ0v) is 11.5. The zero-order valence-electron chi connectivity index (χ0n) is 10.7. The average molecular weight is 263 g/mol.